The number of benzene rings is 2. The minimum absolute atomic E-state index is 0.0345. The average molecular weight is 759 g/mol. The van der Waals surface area contributed by atoms with Crippen LogP contribution >= 0.6 is 0 Å². The number of anilines is 3. The summed E-state index contributed by atoms with van der Waals surface area (Å²) in [6.07, 6.45) is 1.69. The van der Waals surface area contributed by atoms with Gasteiger partial charge in [-0.2, -0.15) is 9.97 Å². The lowest BCUT2D eigenvalue weighted by atomic mass is 9.94. The minimum atomic E-state index is -2.10. The summed E-state index contributed by atoms with van der Waals surface area (Å²) in [5, 5.41) is 11.6. The van der Waals surface area contributed by atoms with Crippen molar-refractivity contribution in [1.82, 2.24) is 20.1 Å². The average Bonchev–Trinajstić information content (AvgIpc) is 3.64. The van der Waals surface area contributed by atoms with Gasteiger partial charge in [0.05, 0.1) is 23.6 Å². The molecule has 1 aliphatic rings. The Morgan fingerprint density at radius 1 is 0.849 bits per heavy atom. The fourth-order valence-corrected chi connectivity index (χ4v) is 7.48. The van der Waals surface area contributed by atoms with E-state index < -0.39 is 27.7 Å². The van der Waals surface area contributed by atoms with Gasteiger partial charge in [0.15, 0.2) is 22.5 Å². The molecule has 4 aromatic rings. The third kappa shape index (κ3) is 8.91. The number of cyclic esters (lactones) is 1. The second kappa shape index (κ2) is 14.4. The Balaban J connectivity index is 1.52. The lowest BCUT2D eigenvalue weighted by Crippen LogP contribution is -2.44. The Bertz CT molecular complexity index is 1930. The first kappa shape index (κ1) is 40.3. The summed E-state index contributed by atoms with van der Waals surface area (Å²) in [4.78, 5) is 27.0. The van der Waals surface area contributed by atoms with E-state index in [0.29, 0.717) is 47.8 Å². The zero-order valence-corrected chi connectivity index (χ0v) is 36.0. The van der Waals surface area contributed by atoms with E-state index >= 15 is 0 Å². The van der Waals surface area contributed by atoms with Crippen molar-refractivity contribution in [3.8, 4) is 11.5 Å². The van der Waals surface area contributed by atoms with E-state index in [4.69, 9.17) is 28.1 Å². The molecule has 0 saturated carbocycles. The van der Waals surface area contributed by atoms with Gasteiger partial charge in [-0.05, 0) is 73.9 Å². The van der Waals surface area contributed by atoms with E-state index in [9.17, 15) is 4.79 Å². The largest absolute Gasteiger partial charge is 0.451 e. The zero-order valence-electron chi connectivity index (χ0n) is 34.0. The summed E-state index contributed by atoms with van der Waals surface area (Å²) in [5.74, 6) is 1.35. The number of aromatic nitrogens is 4. The lowest BCUT2D eigenvalue weighted by molar-refractivity contribution is 0.00954. The molecule has 0 fully saturated rings. The molecule has 53 heavy (non-hydrogen) atoms. The van der Waals surface area contributed by atoms with Crippen LogP contribution in [0.2, 0.25) is 36.3 Å². The van der Waals surface area contributed by atoms with Crippen molar-refractivity contribution in [2.45, 2.75) is 123 Å². The van der Waals surface area contributed by atoms with E-state index in [2.05, 4.69) is 114 Å². The predicted octanol–water partition coefficient (Wildman–Crippen LogP) is 10.2. The molecular weight excluding hydrogens is 701 g/mol. The molecule has 11 nitrogen and oxygen atoms in total. The zero-order chi connectivity index (χ0) is 39.2. The quantitative estimate of drug-likeness (QED) is 0.0997. The number of rotatable bonds is 13. The van der Waals surface area contributed by atoms with Crippen molar-refractivity contribution in [1.29, 1.82) is 0 Å². The highest BCUT2D eigenvalue weighted by Gasteiger charge is 2.41. The summed E-state index contributed by atoms with van der Waals surface area (Å²) < 4.78 is 24.9. The molecule has 0 bridgehead atoms. The Morgan fingerprint density at radius 3 is 2.13 bits per heavy atom. The first-order chi connectivity index (χ1) is 24.4. The van der Waals surface area contributed by atoms with Crippen LogP contribution in [0.5, 0.6) is 0 Å². The Kier molecular flexibility index (Phi) is 10.9. The number of fused-ring (bicyclic) bond motifs is 1. The van der Waals surface area contributed by atoms with Crippen molar-refractivity contribution in [2.75, 3.05) is 23.8 Å². The van der Waals surface area contributed by atoms with E-state index in [1.54, 1.807) is 12.3 Å². The standard InChI is InChI=1S/C40H58N6O5Si2/c1-37(2,3)52(11,12)48-24-31(26-18-16-15-17-19-26)43-32-29(33-45-35(46-51-33)39(7,8)25-49-53(13,14)38(4,5)6)23-41-36(44-32)42-27-20-21-28-30(22-27)40(9,10)50-34(28)47/h15-23,31H,24-25H2,1-14H3,(H2,41,42,43,44). The van der Waals surface area contributed by atoms with Gasteiger partial charge in [0.25, 0.3) is 5.89 Å². The van der Waals surface area contributed by atoms with Gasteiger partial charge < -0.3 is 28.7 Å². The SMILES string of the molecule is CC(C)(CO[Si](C)(C)C(C)(C)C)c1noc(-c2cnc(Nc3ccc4c(c3)C(C)(C)OC4=O)nc2NC(CO[Si](C)(C)C(C)(C)C)c2ccccc2)n1. The summed E-state index contributed by atoms with van der Waals surface area (Å²) in [6.45, 7) is 31.1. The maximum absolute atomic E-state index is 12.4. The van der Waals surface area contributed by atoms with Crippen molar-refractivity contribution < 1.29 is 22.9 Å². The van der Waals surface area contributed by atoms with Gasteiger partial charge in [-0.1, -0.05) is 90.9 Å². The van der Waals surface area contributed by atoms with Gasteiger partial charge in [-0.3, -0.25) is 0 Å². The molecule has 2 aromatic heterocycles. The van der Waals surface area contributed by atoms with Gasteiger partial charge in [0.1, 0.15) is 17.0 Å². The molecule has 0 radical (unpaired) electrons. The highest BCUT2D eigenvalue weighted by atomic mass is 28.4. The van der Waals surface area contributed by atoms with Crippen molar-refractivity contribution in [2.24, 2.45) is 0 Å². The van der Waals surface area contributed by atoms with Crippen molar-refractivity contribution in [3.63, 3.8) is 0 Å². The normalized spacial score (nSPS) is 15.5. The van der Waals surface area contributed by atoms with Crippen LogP contribution in [-0.4, -0.2) is 55.9 Å². The number of carbonyl (C=O) groups excluding carboxylic acids is 1. The van der Waals surface area contributed by atoms with Crippen LogP contribution < -0.4 is 10.6 Å². The number of nitrogens with one attached hydrogen (secondary N) is 2. The second-order valence-corrected chi connectivity index (χ2v) is 27.9. The number of ether oxygens (including phenoxy) is 1. The first-order valence-corrected chi connectivity index (χ1v) is 24.2. The molecule has 0 aliphatic carbocycles. The highest BCUT2D eigenvalue weighted by Crippen LogP contribution is 2.41. The fourth-order valence-electron chi connectivity index (χ4n) is 5.31. The molecule has 1 aliphatic heterocycles. The Hall–Kier alpha value is -3.92. The molecular formula is C40H58N6O5Si2. The number of hydrogen-bond donors (Lipinski definition) is 2. The van der Waals surface area contributed by atoms with Crippen molar-refractivity contribution >= 4 is 40.1 Å². The minimum Gasteiger partial charge on any atom is -0.451 e. The summed E-state index contributed by atoms with van der Waals surface area (Å²) >= 11 is 0. The van der Waals surface area contributed by atoms with Gasteiger partial charge in [0, 0.05) is 24.1 Å². The molecule has 0 spiro atoms. The van der Waals surface area contributed by atoms with Crippen LogP contribution in [0, 0.1) is 0 Å². The Morgan fingerprint density at radius 2 is 1.49 bits per heavy atom. The van der Waals surface area contributed by atoms with Gasteiger partial charge in [-0.25, -0.2) is 9.78 Å². The molecule has 1 unspecified atom stereocenters. The smallest absolute Gasteiger partial charge is 0.339 e. The first-order valence-electron chi connectivity index (χ1n) is 18.4. The monoisotopic (exact) mass is 758 g/mol. The lowest BCUT2D eigenvalue weighted by Gasteiger charge is -2.38. The molecule has 2 N–H and O–H groups in total. The molecule has 286 valence electrons. The maximum atomic E-state index is 12.4. The summed E-state index contributed by atoms with van der Waals surface area (Å²) in [7, 11) is -4.11. The molecule has 2 aromatic carbocycles. The van der Waals surface area contributed by atoms with E-state index in [-0.39, 0.29) is 22.1 Å². The third-order valence-electron chi connectivity index (χ3n) is 11.1. The van der Waals surface area contributed by atoms with Gasteiger partial charge in [-0.15, -0.1) is 0 Å². The number of carbonyl (C=O) groups is 1. The second-order valence-electron chi connectivity index (χ2n) is 18.3. The summed E-state index contributed by atoms with van der Waals surface area (Å²) in [6, 6.07) is 15.4. The van der Waals surface area contributed by atoms with Crippen LogP contribution in [-0.2, 0) is 24.6 Å². The Labute approximate surface area is 317 Å². The van der Waals surface area contributed by atoms with E-state index in [1.165, 1.54) is 0 Å². The van der Waals surface area contributed by atoms with Crippen LogP contribution in [0.4, 0.5) is 17.5 Å². The number of nitrogens with zero attached hydrogens (tertiary/aromatic N) is 4. The third-order valence-corrected chi connectivity index (χ3v) is 20.1. The molecule has 1 atom stereocenters. The maximum Gasteiger partial charge on any atom is 0.339 e. The topological polar surface area (TPSA) is 134 Å². The van der Waals surface area contributed by atoms with Crippen LogP contribution in [0.15, 0.2) is 59.3 Å². The van der Waals surface area contributed by atoms with Gasteiger partial charge in [0.2, 0.25) is 5.95 Å². The van der Waals surface area contributed by atoms with Crippen LogP contribution in [0.1, 0.15) is 103 Å². The number of esters is 1. The van der Waals surface area contributed by atoms with Gasteiger partial charge >= 0.3 is 5.97 Å². The van der Waals surface area contributed by atoms with E-state index in [0.717, 1.165) is 16.8 Å². The molecule has 5 rings (SSSR count). The van der Waals surface area contributed by atoms with E-state index in [1.807, 2.05) is 44.2 Å². The van der Waals surface area contributed by atoms with Crippen molar-refractivity contribution in [3.05, 3.63) is 77.2 Å². The fraction of sp³-hybridized carbons (Fsp3) is 0.525. The molecule has 13 heteroatoms. The number of hydrogen-bond acceptors (Lipinski definition) is 11. The molecule has 3 heterocycles. The van der Waals surface area contributed by atoms with Crippen LogP contribution in [0.25, 0.3) is 11.5 Å². The van der Waals surface area contributed by atoms with Crippen LogP contribution in [0.3, 0.4) is 0 Å². The summed E-state index contributed by atoms with van der Waals surface area (Å²) in [5.41, 5.74) is 2.42. The predicted molar refractivity (Wildman–Crippen MR) is 216 cm³/mol. The molecule has 0 amide bonds. The molecule has 0 saturated heterocycles. The highest BCUT2D eigenvalue weighted by molar-refractivity contribution is 6.74.